The van der Waals surface area contributed by atoms with E-state index in [1.165, 1.54) is 4.90 Å². The molecule has 2 aromatic heterocycles. The molecule has 150 valence electrons. The molecule has 4 aromatic rings. The van der Waals surface area contributed by atoms with Crippen molar-refractivity contribution in [1.82, 2.24) is 14.7 Å². The monoisotopic (exact) mass is 416 g/mol. The highest BCUT2D eigenvalue weighted by Crippen LogP contribution is 2.26. The van der Waals surface area contributed by atoms with Crippen molar-refractivity contribution in [2.24, 2.45) is 0 Å². The van der Waals surface area contributed by atoms with Gasteiger partial charge in [-0.2, -0.15) is 5.10 Å². The Bertz CT molecular complexity index is 1160. The van der Waals surface area contributed by atoms with Gasteiger partial charge in [0.05, 0.1) is 10.6 Å². The number of benzene rings is 2. The Kier molecular flexibility index (Phi) is 5.45. The minimum absolute atomic E-state index is 0.0874. The Hall–Kier alpha value is -3.71. The molecule has 6 nitrogen and oxygen atoms in total. The first-order valence-electron chi connectivity index (χ1n) is 9.35. The number of carbonyl (C=O) groups is 2. The number of hydrogen-bond acceptors (Lipinski definition) is 4. The summed E-state index contributed by atoms with van der Waals surface area (Å²) in [7, 11) is 3.40. The molecule has 0 spiro atoms. The molecule has 0 bridgehead atoms. The van der Waals surface area contributed by atoms with Crippen LogP contribution < -0.4 is 5.32 Å². The fourth-order valence-corrected chi connectivity index (χ4v) is 3.68. The molecule has 0 fully saturated rings. The molecule has 30 heavy (non-hydrogen) atoms. The van der Waals surface area contributed by atoms with Gasteiger partial charge in [0.2, 0.25) is 0 Å². The minimum atomic E-state index is -0.277. The molecule has 1 N–H and O–H groups in total. The summed E-state index contributed by atoms with van der Waals surface area (Å²) < 4.78 is 1.65. The average Bonchev–Trinajstić information content (AvgIpc) is 3.44. The fraction of sp³-hybridized carbons (Fsp3) is 0.0870. The number of thiophene rings is 1. The molecule has 0 saturated carbocycles. The standard InChI is InChI=1S/C23H20N4O2S/c1-26(2)23(29)16-10-12-17(13-11-16)24-22(28)20-15-19(21-9-6-14-30-21)25-27(20)18-7-4-3-5-8-18/h3-15H,1-2H3,(H,24,28). The molecule has 0 aliphatic heterocycles. The van der Waals surface area contributed by atoms with E-state index in [0.29, 0.717) is 16.9 Å². The zero-order valence-electron chi connectivity index (χ0n) is 16.6. The third-order valence-corrected chi connectivity index (χ3v) is 5.40. The largest absolute Gasteiger partial charge is 0.345 e. The number of amides is 2. The van der Waals surface area contributed by atoms with Crippen LogP contribution in [0.2, 0.25) is 0 Å². The van der Waals surface area contributed by atoms with Crippen molar-refractivity contribution in [2.75, 3.05) is 19.4 Å². The summed E-state index contributed by atoms with van der Waals surface area (Å²) in [6.45, 7) is 0. The summed E-state index contributed by atoms with van der Waals surface area (Å²) in [5.74, 6) is -0.364. The molecule has 7 heteroatoms. The number of para-hydroxylation sites is 1. The van der Waals surface area contributed by atoms with Crippen LogP contribution in [0.1, 0.15) is 20.8 Å². The van der Waals surface area contributed by atoms with E-state index in [1.807, 2.05) is 47.8 Å². The predicted molar refractivity (Wildman–Crippen MR) is 119 cm³/mol. The number of nitrogens with one attached hydrogen (secondary N) is 1. The maximum atomic E-state index is 13.1. The van der Waals surface area contributed by atoms with Crippen molar-refractivity contribution in [3.8, 4) is 16.3 Å². The van der Waals surface area contributed by atoms with E-state index in [2.05, 4.69) is 10.4 Å². The van der Waals surface area contributed by atoms with Crippen LogP contribution in [0.5, 0.6) is 0 Å². The van der Waals surface area contributed by atoms with Gasteiger partial charge in [-0.3, -0.25) is 9.59 Å². The van der Waals surface area contributed by atoms with E-state index in [9.17, 15) is 9.59 Å². The summed E-state index contributed by atoms with van der Waals surface area (Å²) in [4.78, 5) is 27.6. The van der Waals surface area contributed by atoms with Gasteiger partial charge in [0.1, 0.15) is 11.4 Å². The van der Waals surface area contributed by atoms with Gasteiger partial charge in [-0.1, -0.05) is 24.3 Å². The summed E-state index contributed by atoms with van der Waals surface area (Å²) >= 11 is 1.57. The second-order valence-electron chi connectivity index (χ2n) is 6.87. The number of nitrogens with zero attached hydrogens (tertiary/aromatic N) is 3. The highest BCUT2D eigenvalue weighted by atomic mass is 32.1. The highest BCUT2D eigenvalue weighted by Gasteiger charge is 2.18. The van der Waals surface area contributed by atoms with Crippen molar-refractivity contribution in [2.45, 2.75) is 0 Å². The van der Waals surface area contributed by atoms with Gasteiger partial charge in [-0.05, 0) is 53.9 Å². The van der Waals surface area contributed by atoms with E-state index >= 15 is 0 Å². The quantitative estimate of drug-likeness (QED) is 0.519. The molecule has 0 atom stereocenters. The minimum Gasteiger partial charge on any atom is -0.345 e. The van der Waals surface area contributed by atoms with Gasteiger partial charge >= 0.3 is 0 Å². The maximum absolute atomic E-state index is 13.1. The molecule has 0 radical (unpaired) electrons. The zero-order valence-corrected chi connectivity index (χ0v) is 17.4. The summed E-state index contributed by atoms with van der Waals surface area (Å²) in [5, 5.41) is 9.54. The van der Waals surface area contributed by atoms with Crippen LogP contribution in [0.4, 0.5) is 5.69 Å². The van der Waals surface area contributed by atoms with E-state index in [4.69, 9.17) is 0 Å². The van der Waals surface area contributed by atoms with Crippen molar-refractivity contribution < 1.29 is 9.59 Å². The third kappa shape index (κ3) is 4.01. The van der Waals surface area contributed by atoms with Crippen LogP contribution >= 0.6 is 11.3 Å². The first-order chi connectivity index (χ1) is 14.5. The van der Waals surface area contributed by atoms with E-state index < -0.39 is 0 Å². The van der Waals surface area contributed by atoms with Crippen LogP contribution in [0.25, 0.3) is 16.3 Å². The van der Waals surface area contributed by atoms with Crippen LogP contribution in [-0.2, 0) is 0 Å². The van der Waals surface area contributed by atoms with Gasteiger partial charge in [0, 0.05) is 25.3 Å². The lowest BCUT2D eigenvalue weighted by Crippen LogP contribution is -2.21. The third-order valence-electron chi connectivity index (χ3n) is 4.51. The number of anilines is 1. The summed E-state index contributed by atoms with van der Waals surface area (Å²) in [6, 6.07) is 22.1. The van der Waals surface area contributed by atoms with Crippen LogP contribution in [-0.4, -0.2) is 40.6 Å². The molecule has 2 aromatic carbocycles. The van der Waals surface area contributed by atoms with Gasteiger partial charge in [0.15, 0.2) is 0 Å². The van der Waals surface area contributed by atoms with Gasteiger partial charge in [-0.25, -0.2) is 4.68 Å². The average molecular weight is 417 g/mol. The molecular weight excluding hydrogens is 396 g/mol. The molecule has 2 heterocycles. The first kappa shape index (κ1) is 19.6. The van der Waals surface area contributed by atoms with Crippen molar-refractivity contribution in [3.05, 3.63) is 89.4 Å². The predicted octanol–water partition coefficient (Wildman–Crippen LogP) is 4.55. The molecule has 2 amide bonds. The van der Waals surface area contributed by atoms with E-state index in [1.54, 1.807) is 60.4 Å². The summed E-state index contributed by atoms with van der Waals surface area (Å²) in [5.41, 5.74) is 3.14. The summed E-state index contributed by atoms with van der Waals surface area (Å²) in [6.07, 6.45) is 0. The topological polar surface area (TPSA) is 67.2 Å². The maximum Gasteiger partial charge on any atom is 0.274 e. The van der Waals surface area contributed by atoms with Gasteiger partial charge < -0.3 is 10.2 Å². The van der Waals surface area contributed by atoms with Crippen molar-refractivity contribution in [1.29, 1.82) is 0 Å². The lowest BCUT2D eigenvalue weighted by molar-refractivity contribution is 0.0827. The Morgan fingerprint density at radius 1 is 0.967 bits per heavy atom. The van der Waals surface area contributed by atoms with E-state index in [-0.39, 0.29) is 11.8 Å². The molecule has 0 unspecified atom stereocenters. The Balaban J connectivity index is 1.64. The van der Waals surface area contributed by atoms with E-state index in [0.717, 1.165) is 16.3 Å². The van der Waals surface area contributed by atoms with Gasteiger partial charge in [0.25, 0.3) is 11.8 Å². The molecule has 0 aliphatic carbocycles. The van der Waals surface area contributed by atoms with Crippen molar-refractivity contribution in [3.63, 3.8) is 0 Å². The fourth-order valence-electron chi connectivity index (χ4n) is 3.00. The van der Waals surface area contributed by atoms with Crippen LogP contribution in [0.15, 0.2) is 78.2 Å². The molecule has 0 aliphatic rings. The Labute approximate surface area is 178 Å². The second-order valence-corrected chi connectivity index (χ2v) is 7.82. The molecular formula is C23H20N4O2S. The number of carbonyl (C=O) groups excluding carboxylic acids is 2. The van der Waals surface area contributed by atoms with Crippen molar-refractivity contribution >= 4 is 28.8 Å². The lowest BCUT2D eigenvalue weighted by atomic mass is 10.2. The molecule has 4 rings (SSSR count). The number of hydrogen-bond donors (Lipinski definition) is 1. The highest BCUT2D eigenvalue weighted by molar-refractivity contribution is 7.13. The zero-order chi connectivity index (χ0) is 21.1. The number of aromatic nitrogens is 2. The lowest BCUT2D eigenvalue weighted by Gasteiger charge is -2.11. The normalized spacial score (nSPS) is 10.6. The SMILES string of the molecule is CN(C)C(=O)c1ccc(NC(=O)c2cc(-c3cccs3)nn2-c2ccccc2)cc1. The van der Waals surface area contributed by atoms with Crippen LogP contribution in [0.3, 0.4) is 0 Å². The van der Waals surface area contributed by atoms with Crippen LogP contribution in [0, 0.1) is 0 Å². The number of rotatable bonds is 5. The molecule has 0 saturated heterocycles. The van der Waals surface area contributed by atoms with Gasteiger partial charge in [-0.15, -0.1) is 11.3 Å². The smallest absolute Gasteiger partial charge is 0.274 e. The Morgan fingerprint density at radius 3 is 2.33 bits per heavy atom. The second kappa shape index (κ2) is 8.34. The Morgan fingerprint density at radius 2 is 1.70 bits per heavy atom. The first-order valence-corrected chi connectivity index (χ1v) is 10.2.